The highest BCUT2D eigenvalue weighted by Crippen LogP contribution is 2.08. The molecular weight excluding hydrogens is 183 g/mol. The monoisotopic (exact) mass is 191 g/mol. The lowest BCUT2D eigenvalue weighted by Gasteiger charge is -2.10. The number of hydrogen-bond donors (Lipinski definition) is 2. The van der Waals surface area contributed by atoms with Crippen LogP contribution in [-0.2, 0) is 0 Å². The molecule has 1 aliphatic heterocycles. The van der Waals surface area contributed by atoms with E-state index in [2.05, 4.69) is 20.6 Å². The number of aliphatic imine (C=N–C) groups is 2. The Labute approximate surface area is 80.6 Å². The van der Waals surface area contributed by atoms with Gasteiger partial charge in [0, 0.05) is 5.69 Å². The largest absolute Gasteiger partial charge is 0.354 e. The SMILES string of the molecule is F[C]1N=C(Nc2ccccc2)N=CN1. The summed E-state index contributed by atoms with van der Waals surface area (Å²) in [5, 5.41) is 5.09. The van der Waals surface area contributed by atoms with E-state index in [0.29, 0.717) is 0 Å². The number of rotatable bonds is 1. The molecule has 0 spiro atoms. The second kappa shape index (κ2) is 3.87. The van der Waals surface area contributed by atoms with Crippen molar-refractivity contribution in [1.29, 1.82) is 0 Å². The number of nitrogens with zero attached hydrogens (tertiary/aromatic N) is 2. The zero-order chi connectivity index (χ0) is 9.80. The Bertz CT molecular complexity index is 360. The summed E-state index contributed by atoms with van der Waals surface area (Å²) in [7, 11) is 0. The molecule has 2 N–H and O–H groups in total. The van der Waals surface area contributed by atoms with Crippen molar-refractivity contribution in [2.24, 2.45) is 9.98 Å². The van der Waals surface area contributed by atoms with Gasteiger partial charge in [-0.05, 0) is 12.1 Å². The molecule has 71 valence electrons. The normalized spacial score (nSPS) is 15.9. The number of nitrogens with one attached hydrogen (secondary N) is 2. The summed E-state index contributed by atoms with van der Waals surface area (Å²) in [5.74, 6) is 0.229. The first-order valence-electron chi connectivity index (χ1n) is 4.07. The standard InChI is InChI=1S/C9H8FN4/c10-8-11-6-12-9(14-8)13-7-4-2-1-3-5-7/h1-6H,(H2,11,12,13,14). The molecule has 1 aromatic rings. The van der Waals surface area contributed by atoms with Crippen LogP contribution >= 0.6 is 0 Å². The first-order chi connectivity index (χ1) is 6.84. The molecule has 2 rings (SSSR count). The van der Waals surface area contributed by atoms with Crippen LogP contribution in [0.5, 0.6) is 0 Å². The van der Waals surface area contributed by atoms with Crippen LogP contribution in [0.2, 0.25) is 0 Å². The molecule has 14 heavy (non-hydrogen) atoms. The predicted octanol–water partition coefficient (Wildman–Crippen LogP) is 1.50. The van der Waals surface area contributed by atoms with Crippen LogP contribution in [0, 0.1) is 6.42 Å². The molecule has 0 bridgehead atoms. The highest BCUT2D eigenvalue weighted by Gasteiger charge is 2.10. The van der Waals surface area contributed by atoms with E-state index in [9.17, 15) is 4.39 Å². The Morgan fingerprint density at radius 1 is 1.21 bits per heavy atom. The lowest BCUT2D eigenvalue weighted by atomic mass is 10.3. The number of benzene rings is 1. The third-order valence-corrected chi connectivity index (χ3v) is 1.60. The molecule has 1 heterocycles. The number of guanidine groups is 1. The second-order valence-electron chi connectivity index (χ2n) is 2.62. The van der Waals surface area contributed by atoms with Crippen LogP contribution in [0.1, 0.15) is 0 Å². The number of para-hydroxylation sites is 1. The zero-order valence-corrected chi connectivity index (χ0v) is 7.24. The summed E-state index contributed by atoms with van der Waals surface area (Å²) in [4.78, 5) is 7.34. The fourth-order valence-corrected chi connectivity index (χ4v) is 1.01. The van der Waals surface area contributed by atoms with Gasteiger partial charge in [-0.25, -0.2) is 4.99 Å². The van der Waals surface area contributed by atoms with E-state index in [0.717, 1.165) is 5.69 Å². The average molecular weight is 191 g/mol. The summed E-state index contributed by atoms with van der Waals surface area (Å²) < 4.78 is 12.6. The van der Waals surface area contributed by atoms with E-state index in [1.807, 2.05) is 30.3 Å². The van der Waals surface area contributed by atoms with Gasteiger partial charge in [-0.3, -0.25) is 0 Å². The number of hydrogen-bond acceptors (Lipinski definition) is 4. The zero-order valence-electron chi connectivity index (χ0n) is 7.24. The molecule has 1 aromatic carbocycles. The molecule has 0 aliphatic carbocycles. The molecule has 0 saturated carbocycles. The van der Waals surface area contributed by atoms with Gasteiger partial charge < -0.3 is 10.6 Å². The van der Waals surface area contributed by atoms with E-state index >= 15 is 0 Å². The highest BCUT2D eigenvalue weighted by molar-refractivity contribution is 5.99. The van der Waals surface area contributed by atoms with Gasteiger partial charge in [0.2, 0.25) is 5.96 Å². The minimum atomic E-state index is -0.668. The maximum absolute atomic E-state index is 12.6. The molecular formula is C9H8FN4. The molecule has 0 atom stereocenters. The fourth-order valence-electron chi connectivity index (χ4n) is 1.01. The van der Waals surface area contributed by atoms with Crippen molar-refractivity contribution in [3.63, 3.8) is 0 Å². The van der Waals surface area contributed by atoms with Crippen molar-refractivity contribution in [3.05, 3.63) is 36.8 Å². The molecule has 0 amide bonds. The lowest BCUT2D eigenvalue weighted by Crippen LogP contribution is -2.24. The quantitative estimate of drug-likeness (QED) is 0.661. The van der Waals surface area contributed by atoms with Crippen molar-refractivity contribution in [2.75, 3.05) is 5.32 Å². The van der Waals surface area contributed by atoms with Crippen molar-refractivity contribution in [3.8, 4) is 0 Å². The third-order valence-electron chi connectivity index (χ3n) is 1.60. The summed E-state index contributed by atoms with van der Waals surface area (Å²) in [6, 6.07) is 9.32. The smallest absolute Gasteiger partial charge is 0.324 e. The average Bonchev–Trinajstić information content (AvgIpc) is 2.19. The van der Waals surface area contributed by atoms with Gasteiger partial charge in [0.1, 0.15) is 0 Å². The summed E-state index contributed by atoms with van der Waals surface area (Å²) in [5.41, 5.74) is 0.818. The Hall–Kier alpha value is -1.91. The van der Waals surface area contributed by atoms with E-state index in [-0.39, 0.29) is 5.96 Å². The van der Waals surface area contributed by atoms with Gasteiger partial charge in [-0.1, -0.05) is 18.2 Å². The molecule has 0 saturated heterocycles. The maximum Gasteiger partial charge on any atom is 0.354 e. The number of halogens is 1. The number of anilines is 1. The molecule has 0 unspecified atom stereocenters. The summed E-state index contributed by atoms with van der Waals surface area (Å²) in [6.45, 7) is 0. The van der Waals surface area contributed by atoms with Gasteiger partial charge in [0.25, 0.3) is 0 Å². The first-order valence-corrected chi connectivity index (χ1v) is 4.07. The molecule has 0 aromatic heterocycles. The van der Waals surface area contributed by atoms with Crippen molar-refractivity contribution in [1.82, 2.24) is 5.32 Å². The van der Waals surface area contributed by atoms with E-state index in [4.69, 9.17) is 0 Å². The van der Waals surface area contributed by atoms with Gasteiger partial charge in [0.05, 0.1) is 6.34 Å². The molecule has 1 radical (unpaired) electrons. The van der Waals surface area contributed by atoms with Gasteiger partial charge in [0.15, 0.2) is 0 Å². The highest BCUT2D eigenvalue weighted by atomic mass is 19.1. The van der Waals surface area contributed by atoms with E-state index < -0.39 is 6.42 Å². The van der Waals surface area contributed by atoms with Crippen molar-refractivity contribution in [2.45, 2.75) is 0 Å². The van der Waals surface area contributed by atoms with Crippen LogP contribution in [-0.4, -0.2) is 12.3 Å². The van der Waals surface area contributed by atoms with Crippen LogP contribution < -0.4 is 10.6 Å². The topological polar surface area (TPSA) is 48.8 Å². The molecule has 0 fully saturated rings. The third kappa shape index (κ3) is 2.07. The minimum absolute atomic E-state index is 0.229. The first kappa shape index (κ1) is 8.68. The second-order valence-corrected chi connectivity index (χ2v) is 2.62. The van der Waals surface area contributed by atoms with Crippen LogP contribution in [0.15, 0.2) is 40.3 Å². The van der Waals surface area contributed by atoms with Gasteiger partial charge in [-0.15, -0.1) is 0 Å². The lowest BCUT2D eigenvalue weighted by molar-refractivity contribution is 0.462. The molecule has 4 nitrogen and oxygen atoms in total. The van der Waals surface area contributed by atoms with E-state index in [1.165, 1.54) is 6.34 Å². The Kier molecular flexibility index (Phi) is 2.40. The van der Waals surface area contributed by atoms with Crippen LogP contribution in [0.3, 0.4) is 0 Å². The summed E-state index contributed by atoms with van der Waals surface area (Å²) in [6.07, 6.45) is 0.576. The Morgan fingerprint density at radius 2 is 2.00 bits per heavy atom. The van der Waals surface area contributed by atoms with Crippen LogP contribution in [0.25, 0.3) is 0 Å². The summed E-state index contributed by atoms with van der Waals surface area (Å²) >= 11 is 0. The van der Waals surface area contributed by atoms with Gasteiger partial charge in [-0.2, -0.15) is 9.38 Å². The van der Waals surface area contributed by atoms with E-state index in [1.54, 1.807) is 0 Å². The van der Waals surface area contributed by atoms with Crippen molar-refractivity contribution < 1.29 is 4.39 Å². The van der Waals surface area contributed by atoms with Crippen molar-refractivity contribution >= 4 is 18.0 Å². The Balaban J connectivity index is 2.08. The molecule has 5 heteroatoms. The van der Waals surface area contributed by atoms with Crippen LogP contribution in [0.4, 0.5) is 10.1 Å². The Morgan fingerprint density at radius 3 is 2.71 bits per heavy atom. The minimum Gasteiger partial charge on any atom is -0.324 e. The van der Waals surface area contributed by atoms with Gasteiger partial charge >= 0.3 is 6.42 Å². The molecule has 1 aliphatic rings. The predicted molar refractivity (Wildman–Crippen MR) is 53.5 cm³/mol. The fraction of sp³-hybridized carbons (Fsp3) is 0. The maximum atomic E-state index is 12.6.